The van der Waals surface area contributed by atoms with Crippen LogP contribution in [0.2, 0.25) is 0 Å². The minimum atomic E-state index is -0.0340. The molecule has 2 aliphatic rings. The Bertz CT molecular complexity index is 319. The van der Waals surface area contributed by atoms with Crippen LogP contribution in [0.3, 0.4) is 0 Å². The molecule has 1 aliphatic heterocycles. The summed E-state index contributed by atoms with van der Waals surface area (Å²) in [6, 6.07) is 0. The molecule has 0 aromatic heterocycles. The molecular weight excluding hydrogens is 220 g/mol. The molecule has 1 saturated heterocycles. The van der Waals surface area contributed by atoms with E-state index in [-0.39, 0.29) is 29.8 Å². The molecule has 17 heavy (non-hydrogen) atoms. The molecule has 5 nitrogen and oxygen atoms in total. The van der Waals surface area contributed by atoms with Crippen LogP contribution in [0.15, 0.2) is 0 Å². The first-order chi connectivity index (χ1) is 8.17. The van der Waals surface area contributed by atoms with Gasteiger partial charge in [-0.15, -0.1) is 0 Å². The molecule has 1 heterocycles. The predicted molar refractivity (Wildman–Crippen MR) is 62.3 cm³/mol. The highest BCUT2D eigenvalue weighted by Gasteiger charge is 2.47. The Morgan fingerprint density at radius 1 is 1.47 bits per heavy atom. The lowest BCUT2D eigenvalue weighted by Gasteiger charge is -2.16. The van der Waals surface area contributed by atoms with Gasteiger partial charge in [0.05, 0.1) is 17.9 Å². The normalized spacial score (nSPS) is 31.4. The minimum absolute atomic E-state index is 0.0340. The highest BCUT2D eigenvalue weighted by atomic mass is 16.5. The second-order valence-corrected chi connectivity index (χ2v) is 4.72. The van der Waals surface area contributed by atoms with E-state index >= 15 is 0 Å². The summed E-state index contributed by atoms with van der Waals surface area (Å²) in [5.74, 6) is 0.207. The number of amides is 2. The second kappa shape index (κ2) is 5.04. The number of nitrogens with zero attached hydrogens (tertiary/aromatic N) is 1. The van der Waals surface area contributed by atoms with Crippen LogP contribution >= 0.6 is 0 Å². The second-order valence-electron chi connectivity index (χ2n) is 4.72. The van der Waals surface area contributed by atoms with Gasteiger partial charge in [0, 0.05) is 26.7 Å². The molecule has 5 heteroatoms. The highest BCUT2D eigenvalue weighted by Crippen LogP contribution is 2.36. The van der Waals surface area contributed by atoms with Crippen LogP contribution < -0.4 is 5.32 Å². The van der Waals surface area contributed by atoms with Gasteiger partial charge in [0.1, 0.15) is 0 Å². The molecule has 2 amide bonds. The van der Waals surface area contributed by atoms with Crippen LogP contribution in [0, 0.1) is 11.8 Å². The molecule has 2 fully saturated rings. The van der Waals surface area contributed by atoms with E-state index < -0.39 is 0 Å². The van der Waals surface area contributed by atoms with Gasteiger partial charge in [-0.2, -0.15) is 0 Å². The first-order valence-electron chi connectivity index (χ1n) is 6.29. The van der Waals surface area contributed by atoms with Gasteiger partial charge in [0.15, 0.2) is 0 Å². The zero-order chi connectivity index (χ0) is 12.4. The molecule has 0 radical (unpaired) electrons. The van der Waals surface area contributed by atoms with Crippen molar-refractivity contribution in [2.45, 2.75) is 25.9 Å². The van der Waals surface area contributed by atoms with Crippen molar-refractivity contribution in [3.63, 3.8) is 0 Å². The van der Waals surface area contributed by atoms with E-state index in [1.54, 1.807) is 7.05 Å². The van der Waals surface area contributed by atoms with Crippen molar-refractivity contribution in [3.8, 4) is 0 Å². The first-order valence-corrected chi connectivity index (χ1v) is 6.29. The fourth-order valence-electron chi connectivity index (χ4n) is 2.44. The van der Waals surface area contributed by atoms with Crippen LogP contribution in [-0.4, -0.2) is 49.6 Å². The van der Waals surface area contributed by atoms with Crippen molar-refractivity contribution < 1.29 is 14.3 Å². The smallest absolute Gasteiger partial charge is 0.228 e. The number of carbonyl (C=O) groups is 2. The summed E-state index contributed by atoms with van der Waals surface area (Å²) in [7, 11) is 1.64. The molecule has 1 saturated carbocycles. The average Bonchev–Trinajstić information content (AvgIpc) is 2.92. The van der Waals surface area contributed by atoms with Crippen molar-refractivity contribution in [3.05, 3.63) is 0 Å². The van der Waals surface area contributed by atoms with Gasteiger partial charge in [0.25, 0.3) is 0 Å². The molecule has 1 aliphatic carbocycles. The summed E-state index contributed by atoms with van der Waals surface area (Å²) in [4.78, 5) is 25.3. The Morgan fingerprint density at radius 2 is 2.24 bits per heavy atom. The fraction of sp³-hybridized carbons (Fsp3) is 0.833. The summed E-state index contributed by atoms with van der Waals surface area (Å²) < 4.78 is 5.41. The number of nitrogens with one attached hydrogen (secondary N) is 1. The monoisotopic (exact) mass is 240 g/mol. The number of hydrogen-bond donors (Lipinski definition) is 1. The van der Waals surface area contributed by atoms with Gasteiger partial charge in [-0.1, -0.05) is 0 Å². The predicted octanol–water partition coefficient (Wildman–Crippen LogP) is 0.00590. The number of rotatable bonds is 4. The molecule has 0 aromatic rings. The van der Waals surface area contributed by atoms with Crippen molar-refractivity contribution in [1.82, 2.24) is 10.2 Å². The van der Waals surface area contributed by atoms with Gasteiger partial charge in [-0.3, -0.25) is 9.59 Å². The Balaban J connectivity index is 1.81. The molecule has 3 atom stereocenters. The van der Waals surface area contributed by atoms with Crippen molar-refractivity contribution in [1.29, 1.82) is 0 Å². The summed E-state index contributed by atoms with van der Waals surface area (Å²) in [6.07, 6.45) is 1.73. The molecule has 3 unspecified atom stereocenters. The third-order valence-electron chi connectivity index (χ3n) is 3.55. The van der Waals surface area contributed by atoms with E-state index in [1.807, 2.05) is 11.8 Å². The van der Waals surface area contributed by atoms with E-state index in [4.69, 9.17) is 4.74 Å². The number of likely N-dealkylation sites (tertiary alicyclic amines) is 1. The van der Waals surface area contributed by atoms with Crippen LogP contribution in [0.1, 0.15) is 19.8 Å². The van der Waals surface area contributed by atoms with Gasteiger partial charge in [0.2, 0.25) is 11.8 Å². The molecular formula is C12H20N2O3. The minimum Gasteiger partial charge on any atom is -0.378 e. The van der Waals surface area contributed by atoms with E-state index in [9.17, 15) is 9.59 Å². The molecule has 0 aromatic carbocycles. The third kappa shape index (κ3) is 2.60. The lowest BCUT2D eigenvalue weighted by molar-refractivity contribution is -0.133. The lowest BCUT2D eigenvalue weighted by atomic mass is 10.1. The van der Waals surface area contributed by atoms with E-state index in [2.05, 4.69) is 5.32 Å². The number of hydrogen-bond acceptors (Lipinski definition) is 3. The molecule has 0 spiro atoms. The van der Waals surface area contributed by atoms with Gasteiger partial charge in [-0.25, -0.2) is 0 Å². The van der Waals surface area contributed by atoms with Gasteiger partial charge >= 0.3 is 0 Å². The SMILES string of the molecule is CCOC1CC1C(=O)N1CCC(C(=O)NC)C1. The summed E-state index contributed by atoms with van der Waals surface area (Å²) in [6.45, 7) is 3.87. The van der Waals surface area contributed by atoms with Gasteiger partial charge < -0.3 is 15.0 Å². The van der Waals surface area contributed by atoms with Crippen molar-refractivity contribution in [2.75, 3.05) is 26.7 Å². The molecule has 1 N–H and O–H groups in total. The standard InChI is InChI=1S/C12H20N2O3/c1-3-17-10-6-9(10)12(16)14-5-4-8(7-14)11(15)13-2/h8-10H,3-7H2,1-2H3,(H,13,15). The number of carbonyl (C=O) groups excluding carboxylic acids is 2. The molecule has 2 rings (SSSR count). The Hall–Kier alpha value is -1.10. The Kier molecular flexibility index (Phi) is 3.66. The maximum Gasteiger partial charge on any atom is 0.228 e. The first kappa shape index (κ1) is 12.4. The van der Waals surface area contributed by atoms with E-state index in [0.717, 1.165) is 12.8 Å². The Labute approximate surface area is 101 Å². The Morgan fingerprint density at radius 3 is 2.88 bits per heavy atom. The summed E-state index contributed by atoms with van der Waals surface area (Å²) in [5, 5.41) is 2.64. The maximum atomic E-state index is 12.1. The average molecular weight is 240 g/mol. The maximum absolute atomic E-state index is 12.1. The van der Waals surface area contributed by atoms with E-state index in [0.29, 0.717) is 19.7 Å². The summed E-state index contributed by atoms with van der Waals surface area (Å²) >= 11 is 0. The lowest BCUT2D eigenvalue weighted by Crippen LogP contribution is -2.34. The largest absolute Gasteiger partial charge is 0.378 e. The quantitative estimate of drug-likeness (QED) is 0.753. The van der Waals surface area contributed by atoms with Crippen LogP contribution in [-0.2, 0) is 14.3 Å². The zero-order valence-corrected chi connectivity index (χ0v) is 10.4. The van der Waals surface area contributed by atoms with Crippen LogP contribution in [0.5, 0.6) is 0 Å². The van der Waals surface area contributed by atoms with Crippen molar-refractivity contribution >= 4 is 11.8 Å². The fourth-order valence-corrected chi connectivity index (χ4v) is 2.44. The topological polar surface area (TPSA) is 58.6 Å². The molecule has 96 valence electrons. The van der Waals surface area contributed by atoms with E-state index in [1.165, 1.54) is 0 Å². The molecule has 0 bridgehead atoms. The van der Waals surface area contributed by atoms with Crippen molar-refractivity contribution in [2.24, 2.45) is 11.8 Å². The number of ether oxygens (including phenoxy) is 1. The third-order valence-corrected chi connectivity index (χ3v) is 3.55. The zero-order valence-electron chi connectivity index (χ0n) is 10.4. The van der Waals surface area contributed by atoms with Crippen LogP contribution in [0.4, 0.5) is 0 Å². The van der Waals surface area contributed by atoms with Crippen LogP contribution in [0.25, 0.3) is 0 Å². The highest BCUT2D eigenvalue weighted by molar-refractivity contribution is 5.84. The summed E-state index contributed by atoms with van der Waals surface area (Å²) in [5.41, 5.74) is 0. The van der Waals surface area contributed by atoms with Gasteiger partial charge in [-0.05, 0) is 19.8 Å².